The third kappa shape index (κ3) is 4.80. The average Bonchev–Trinajstić information content (AvgIpc) is 2.67. The Kier molecular flexibility index (Phi) is 6.01. The van der Waals surface area contributed by atoms with E-state index in [1.807, 2.05) is 0 Å². The van der Waals surface area contributed by atoms with Crippen molar-refractivity contribution in [3.63, 3.8) is 0 Å². The molecule has 2 aromatic rings. The summed E-state index contributed by atoms with van der Waals surface area (Å²) in [5.41, 5.74) is 0.857. The average molecular weight is 439 g/mol. The van der Waals surface area contributed by atoms with E-state index in [0.29, 0.717) is 30.8 Å². The number of amides is 1. The van der Waals surface area contributed by atoms with Crippen LogP contribution in [0.15, 0.2) is 46.6 Å². The number of hydrogen-bond donors (Lipinski definition) is 1. The van der Waals surface area contributed by atoms with Crippen LogP contribution in [-0.2, 0) is 24.7 Å². The normalized spacial score (nSPS) is 18.3. The molecule has 156 valence electrons. The number of sulfone groups is 1. The van der Waals surface area contributed by atoms with Crippen molar-refractivity contribution in [3.8, 4) is 0 Å². The predicted molar refractivity (Wildman–Crippen MR) is 107 cm³/mol. The van der Waals surface area contributed by atoms with Gasteiger partial charge in [-0.1, -0.05) is 0 Å². The molecule has 9 nitrogen and oxygen atoms in total. The molecule has 3 rings (SSSR count). The molecule has 0 bridgehead atoms. The lowest BCUT2D eigenvalue weighted by Gasteiger charge is -2.32. The smallest absolute Gasteiger partial charge is 0.243 e. The molecule has 1 saturated heterocycles. The van der Waals surface area contributed by atoms with Crippen LogP contribution in [0.3, 0.4) is 0 Å². The molecule has 1 aliphatic rings. The van der Waals surface area contributed by atoms with Crippen molar-refractivity contribution in [1.29, 1.82) is 0 Å². The molecule has 0 radical (unpaired) electrons. The third-order valence-electron chi connectivity index (χ3n) is 4.69. The molecule has 1 atom stereocenters. The Morgan fingerprint density at radius 3 is 2.48 bits per heavy atom. The highest BCUT2D eigenvalue weighted by Gasteiger charge is 2.33. The number of benzene rings is 1. The number of rotatable bonds is 5. The van der Waals surface area contributed by atoms with Gasteiger partial charge >= 0.3 is 0 Å². The van der Waals surface area contributed by atoms with Crippen LogP contribution < -0.4 is 5.32 Å². The van der Waals surface area contributed by atoms with Gasteiger partial charge in [-0.2, -0.15) is 4.31 Å². The van der Waals surface area contributed by atoms with E-state index in [9.17, 15) is 21.6 Å². The van der Waals surface area contributed by atoms with E-state index in [0.717, 1.165) is 6.26 Å². The molecule has 1 aromatic carbocycles. The van der Waals surface area contributed by atoms with Gasteiger partial charge in [-0.05, 0) is 37.1 Å². The maximum absolute atomic E-state index is 13.1. The van der Waals surface area contributed by atoms with E-state index in [1.54, 1.807) is 0 Å². The molecular weight excluding hydrogens is 416 g/mol. The van der Waals surface area contributed by atoms with Crippen LogP contribution in [0, 0.1) is 0 Å². The maximum atomic E-state index is 13.1. The zero-order valence-corrected chi connectivity index (χ0v) is 17.7. The van der Waals surface area contributed by atoms with Gasteiger partial charge in [0.2, 0.25) is 15.9 Å². The summed E-state index contributed by atoms with van der Waals surface area (Å²) < 4.78 is 51.6. The largest absolute Gasteiger partial charge is 0.326 e. The van der Waals surface area contributed by atoms with E-state index in [1.165, 1.54) is 48.0 Å². The summed E-state index contributed by atoms with van der Waals surface area (Å²) in [6, 6.07) is 5.94. The molecule has 0 spiro atoms. The molecule has 1 amide bonds. The molecule has 0 unspecified atom stereocenters. The Hall–Kier alpha value is -2.37. The number of carbonyl (C=O) groups excluding carboxylic acids is 1. The summed E-state index contributed by atoms with van der Waals surface area (Å²) in [7, 11) is -7.30. The standard InChI is InChI=1S/C18H22N4O5S2/c1-13(23)21-15-5-7-16(8-6-15)29(26,27)22-9-3-4-14(11-22)18-17(28(2,24)25)10-19-12-20-18/h5-8,10,12,14H,3-4,9,11H2,1-2H3,(H,21,23)/t14-/m1/s1. The van der Waals surface area contributed by atoms with Gasteiger partial charge in [-0.15, -0.1) is 0 Å². The van der Waals surface area contributed by atoms with Crippen molar-refractivity contribution in [2.45, 2.75) is 35.5 Å². The van der Waals surface area contributed by atoms with Crippen LogP contribution >= 0.6 is 0 Å². The second-order valence-electron chi connectivity index (χ2n) is 6.95. The number of hydrogen-bond acceptors (Lipinski definition) is 7. The lowest BCUT2D eigenvalue weighted by atomic mass is 9.96. The number of carbonyl (C=O) groups is 1. The summed E-state index contributed by atoms with van der Waals surface area (Å²) >= 11 is 0. The first-order valence-electron chi connectivity index (χ1n) is 8.97. The van der Waals surface area contributed by atoms with Crippen LogP contribution in [0.25, 0.3) is 0 Å². The molecule has 1 aliphatic heterocycles. The van der Waals surface area contributed by atoms with Gasteiger partial charge in [0, 0.05) is 44.1 Å². The SMILES string of the molecule is CC(=O)Nc1ccc(S(=O)(=O)N2CCC[C@@H](c3ncncc3S(C)(=O)=O)C2)cc1. The first-order valence-corrected chi connectivity index (χ1v) is 12.3. The lowest BCUT2D eigenvalue weighted by molar-refractivity contribution is -0.114. The highest BCUT2D eigenvalue weighted by molar-refractivity contribution is 7.90. The van der Waals surface area contributed by atoms with Crippen molar-refractivity contribution in [2.24, 2.45) is 0 Å². The van der Waals surface area contributed by atoms with Crippen LogP contribution in [-0.4, -0.2) is 56.4 Å². The second kappa shape index (κ2) is 8.17. The topological polar surface area (TPSA) is 126 Å². The number of aromatic nitrogens is 2. The monoisotopic (exact) mass is 438 g/mol. The lowest BCUT2D eigenvalue weighted by Crippen LogP contribution is -2.39. The van der Waals surface area contributed by atoms with E-state index in [2.05, 4.69) is 15.3 Å². The molecule has 2 heterocycles. The fraction of sp³-hybridized carbons (Fsp3) is 0.389. The first kappa shape index (κ1) is 21.3. The van der Waals surface area contributed by atoms with Crippen molar-refractivity contribution in [1.82, 2.24) is 14.3 Å². The van der Waals surface area contributed by atoms with Gasteiger partial charge < -0.3 is 5.32 Å². The summed E-state index contributed by atoms with van der Waals surface area (Å²) in [4.78, 5) is 19.2. The Bertz CT molecular complexity index is 1120. The molecular formula is C18H22N4O5S2. The fourth-order valence-electron chi connectivity index (χ4n) is 3.37. The minimum absolute atomic E-state index is 0.0314. The Labute approximate surface area is 170 Å². The number of piperidine rings is 1. The molecule has 0 aliphatic carbocycles. The highest BCUT2D eigenvalue weighted by atomic mass is 32.2. The van der Waals surface area contributed by atoms with Crippen molar-refractivity contribution < 1.29 is 21.6 Å². The number of nitrogens with one attached hydrogen (secondary N) is 1. The van der Waals surface area contributed by atoms with Gasteiger partial charge in [0.25, 0.3) is 0 Å². The van der Waals surface area contributed by atoms with Crippen LogP contribution in [0.1, 0.15) is 31.4 Å². The Morgan fingerprint density at radius 2 is 1.86 bits per heavy atom. The molecule has 0 saturated carbocycles. The third-order valence-corrected chi connectivity index (χ3v) is 7.68. The first-order chi connectivity index (χ1) is 13.6. The van der Waals surface area contributed by atoms with Gasteiger partial charge in [-0.3, -0.25) is 4.79 Å². The molecule has 1 N–H and O–H groups in total. The summed E-state index contributed by atoms with van der Waals surface area (Å²) in [5, 5.41) is 2.59. The van der Waals surface area contributed by atoms with E-state index >= 15 is 0 Å². The zero-order chi connectivity index (χ0) is 21.2. The van der Waals surface area contributed by atoms with Crippen molar-refractivity contribution in [3.05, 3.63) is 42.5 Å². The van der Waals surface area contributed by atoms with Gasteiger partial charge in [0.05, 0.1) is 10.6 Å². The van der Waals surface area contributed by atoms with E-state index < -0.39 is 19.9 Å². The molecule has 11 heteroatoms. The minimum atomic E-state index is -3.77. The summed E-state index contributed by atoms with van der Waals surface area (Å²) in [5.74, 6) is -0.587. The summed E-state index contributed by atoms with van der Waals surface area (Å²) in [6.07, 6.45) is 4.83. The molecule has 29 heavy (non-hydrogen) atoms. The number of nitrogens with zero attached hydrogens (tertiary/aromatic N) is 3. The van der Waals surface area contributed by atoms with E-state index in [-0.39, 0.29) is 28.2 Å². The quantitative estimate of drug-likeness (QED) is 0.748. The fourth-order valence-corrected chi connectivity index (χ4v) is 5.74. The molecule has 1 fully saturated rings. The van der Waals surface area contributed by atoms with Crippen LogP contribution in [0.4, 0.5) is 5.69 Å². The Balaban J connectivity index is 1.86. The van der Waals surface area contributed by atoms with Gasteiger partial charge in [-0.25, -0.2) is 26.8 Å². The van der Waals surface area contributed by atoms with Crippen molar-refractivity contribution in [2.75, 3.05) is 24.7 Å². The molecule has 1 aromatic heterocycles. The predicted octanol–water partition coefficient (Wildman–Crippen LogP) is 1.41. The Morgan fingerprint density at radius 1 is 1.17 bits per heavy atom. The second-order valence-corrected chi connectivity index (χ2v) is 10.9. The highest BCUT2D eigenvalue weighted by Crippen LogP contribution is 2.32. The van der Waals surface area contributed by atoms with Crippen LogP contribution in [0.2, 0.25) is 0 Å². The zero-order valence-electron chi connectivity index (χ0n) is 16.1. The number of anilines is 1. The minimum Gasteiger partial charge on any atom is -0.326 e. The van der Waals surface area contributed by atoms with Gasteiger partial charge in [0.1, 0.15) is 11.2 Å². The van der Waals surface area contributed by atoms with Crippen molar-refractivity contribution >= 4 is 31.5 Å². The van der Waals surface area contributed by atoms with Gasteiger partial charge in [0.15, 0.2) is 9.84 Å². The van der Waals surface area contributed by atoms with E-state index in [4.69, 9.17) is 0 Å². The maximum Gasteiger partial charge on any atom is 0.243 e. The van der Waals surface area contributed by atoms with Crippen LogP contribution in [0.5, 0.6) is 0 Å². The summed E-state index contributed by atoms with van der Waals surface area (Å²) in [6.45, 7) is 1.84. The number of sulfonamides is 1.